The molecule has 1 atom stereocenters. The maximum absolute atomic E-state index is 12.4. The molecule has 0 radical (unpaired) electrons. The summed E-state index contributed by atoms with van der Waals surface area (Å²) in [6.07, 6.45) is 0.202. The number of amides is 2. The van der Waals surface area contributed by atoms with Gasteiger partial charge < -0.3 is 15.0 Å². The van der Waals surface area contributed by atoms with Crippen LogP contribution >= 0.6 is 23.2 Å². The fraction of sp³-hybridized carbons (Fsp3) is 0.529. The molecule has 1 unspecified atom stereocenters. The Morgan fingerprint density at radius 1 is 1.20 bits per heavy atom. The smallest absolute Gasteiger partial charge is 0.227 e. The zero-order chi connectivity index (χ0) is 17.8. The highest BCUT2D eigenvalue weighted by Gasteiger charge is 2.35. The second kappa shape index (κ2) is 8.36. The third-order valence-electron chi connectivity index (χ3n) is 4.49. The molecule has 1 aromatic rings. The lowest BCUT2D eigenvalue weighted by Gasteiger charge is -2.26. The van der Waals surface area contributed by atoms with Crippen LogP contribution in [0.5, 0.6) is 0 Å². The third-order valence-corrected chi connectivity index (χ3v) is 4.92. The maximum Gasteiger partial charge on any atom is 0.227 e. The lowest BCUT2D eigenvalue weighted by Crippen LogP contribution is -2.42. The molecule has 0 aromatic heterocycles. The molecule has 2 fully saturated rings. The predicted molar refractivity (Wildman–Crippen MR) is 97.2 cm³/mol. The normalized spacial score (nSPS) is 21.6. The average Bonchev–Trinajstić information content (AvgIpc) is 2.97. The van der Waals surface area contributed by atoms with E-state index in [-0.39, 0.29) is 24.2 Å². The molecule has 0 aliphatic carbocycles. The molecule has 1 N–H and O–H groups in total. The lowest BCUT2D eigenvalue weighted by atomic mass is 10.1. The Morgan fingerprint density at radius 3 is 2.56 bits per heavy atom. The summed E-state index contributed by atoms with van der Waals surface area (Å²) in [5, 5.41) is 3.87. The first-order chi connectivity index (χ1) is 12.0. The van der Waals surface area contributed by atoms with Crippen LogP contribution in [-0.4, -0.2) is 62.7 Å². The molecule has 6 nitrogen and oxygen atoms in total. The van der Waals surface area contributed by atoms with E-state index in [2.05, 4.69) is 10.2 Å². The van der Waals surface area contributed by atoms with E-state index < -0.39 is 0 Å². The minimum absolute atomic E-state index is 0.0859. The van der Waals surface area contributed by atoms with Crippen molar-refractivity contribution in [3.8, 4) is 0 Å². The molecular formula is C17H21Cl2N3O3. The summed E-state index contributed by atoms with van der Waals surface area (Å²) in [5.74, 6) is -0.529. The minimum atomic E-state index is -0.352. The molecule has 0 bridgehead atoms. The topological polar surface area (TPSA) is 61.9 Å². The molecule has 1 aromatic carbocycles. The number of nitrogens with one attached hydrogen (secondary N) is 1. The second-order valence-electron chi connectivity index (χ2n) is 6.28. The summed E-state index contributed by atoms with van der Waals surface area (Å²) in [4.78, 5) is 28.5. The van der Waals surface area contributed by atoms with Crippen LogP contribution in [0.15, 0.2) is 18.2 Å². The molecule has 2 heterocycles. The Kier molecular flexibility index (Phi) is 6.17. The van der Waals surface area contributed by atoms with Crippen LogP contribution in [0.2, 0.25) is 10.0 Å². The molecule has 8 heteroatoms. The van der Waals surface area contributed by atoms with Gasteiger partial charge in [0.1, 0.15) is 0 Å². The van der Waals surface area contributed by atoms with Gasteiger partial charge in [-0.3, -0.25) is 14.5 Å². The maximum atomic E-state index is 12.4. The van der Waals surface area contributed by atoms with Gasteiger partial charge >= 0.3 is 0 Å². The van der Waals surface area contributed by atoms with Crippen molar-refractivity contribution in [1.82, 2.24) is 10.2 Å². The molecule has 2 amide bonds. The van der Waals surface area contributed by atoms with Gasteiger partial charge in [-0.15, -0.1) is 0 Å². The fourth-order valence-electron chi connectivity index (χ4n) is 3.13. The Labute approximate surface area is 157 Å². The van der Waals surface area contributed by atoms with Crippen molar-refractivity contribution in [3.05, 3.63) is 28.2 Å². The van der Waals surface area contributed by atoms with Gasteiger partial charge in [-0.1, -0.05) is 23.2 Å². The molecule has 2 aliphatic rings. The van der Waals surface area contributed by atoms with E-state index in [1.807, 2.05) is 0 Å². The average molecular weight is 386 g/mol. The number of nitrogens with zero attached hydrogens (tertiary/aromatic N) is 2. The van der Waals surface area contributed by atoms with Gasteiger partial charge in [0, 0.05) is 54.9 Å². The van der Waals surface area contributed by atoms with Crippen LogP contribution in [0.1, 0.15) is 6.42 Å². The number of hydrogen-bond acceptors (Lipinski definition) is 4. The fourth-order valence-corrected chi connectivity index (χ4v) is 3.65. The van der Waals surface area contributed by atoms with Crippen LogP contribution in [-0.2, 0) is 14.3 Å². The van der Waals surface area contributed by atoms with Crippen molar-refractivity contribution in [3.63, 3.8) is 0 Å². The van der Waals surface area contributed by atoms with E-state index in [4.69, 9.17) is 27.9 Å². The highest BCUT2D eigenvalue weighted by molar-refractivity contribution is 6.35. The highest BCUT2D eigenvalue weighted by atomic mass is 35.5. The zero-order valence-electron chi connectivity index (χ0n) is 13.8. The number of halogens is 2. The molecule has 2 saturated heterocycles. The van der Waals surface area contributed by atoms with E-state index in [0.717, 1.165) is 32.8 Å². The minimum Gasteiger partial charge on any atom is -0.379 e. The Morgan fingerprint density at radius 2 is 1.88 bits per heavy atom. The molecule has 136 valence electrons. The van der Waals surface area contributed by atoms with Crippen molar-refractivity contribution in [2.75, 3.05) is 50.8 Å². The van der Waals surface area contributed by atoms with E-state index in [0.29, 0.717) is 28.8 Å². The summed E-state index contributed by atoms with van der Waals surface area (Å²) in [7, 11) is 0. The Balaban J connectivity index is 1.51. The van der Waals surface area contributed by atoms with Crippen molar-refractivity contribution in [2.45, 2.75) is 6.42 Å². The van der Waals surface area contributed by atoms with Gasteiger partial charge in [0.05, 0.1) is 19.1 Å². The third kappa shape index (κ3) is 4.85. The zero-order valence-corrected chi connectivity index (χ0v) is 15.4. The second-order valence-corrected chi connectivity index (χ2v) is 7.15. The van der Waals surface area contributed by atoms with E-state index in [1.54, 1.807) is 23.1 Å². The number of anilines is 1. The number of benzene rings is 1. The van der Waals surface area contributed by atoms with Gasteiger partial charge in [-0.05, 0) is 18.2 Å². The number of carbonyl (C=O) groups is 2. The Bertz CT molecular complexity index is 630. The monoisotopic (exact) mass is 385 g/mol. The molecule has 3 rings (SSSR count). The molecule has 2 aliphatic heterocycles. The Hall–Kier alpha value is -1.34. The van der Waals surface area contributed by atoms with Gasteiger partial charge in [0.25, 0.3) is 0 Å². The first-order valence-electron chi connectivity index (χ1n) is 8.37. The van der Waals surface area contributed by atoms with Crippen molar-refractivity contribution in [2.24, 2.45) is 5.92 Å². The quantitative estimate of drug-likeness (QED) is 0.839. The molecular weight excluding hydrogens is 365 g/mol. The summed E-state index contributed by atoms with van der Waals surface area (Å²) in [6.45, 7) is 4.97. The van der Waals surface area contributed by atoms with Crippen LogP contribution in [0.4, 0.5) is 5.69 Å². The van der Waals surface area contributed by atoms with E-state index >= 15 is 0 Å². The standard InChI is InChI=1S/C17H21Cl2N3O3/c18-13-8-14(19)10-15(9-13)22-11-12(7-16(22)23)17(24)20-1-2-21-3-5-25-6-4-21/h8-10,12H,1-7,11H2,(H,20,24). The summed E-state index contributed by atoms with van der Waals surface area (Å²) in [6, 6.07) is 4.98. The highest BCUT2D eigenvalue weighted by Crippen LogP contribution is 2.30. The van der Waals surface area contributed by atoms with Crippen LogP contribution in [0.3, 0.4) is 0 Å². The van der Waals surface area contributed by atoms with Gasteiger partial charge in [0.2, 0.25) is 11.8 Å². The number of hydrogen-bond donors (Lipinski definition) is 1. The summed E-state index contributed by atoms with van der Waals surface area (Å²) >= 11 is 12.0. The van der Waals surface area contributed by atoms with Crippen molar-refractivity contribution >= 4 is 40.7 Å². The van der Waals surface area contributed by atoms with Crippen LogP contribution in [0, 0.1) is 5.92 Å². The number of ether oxygens (including phenoxy) is 1. The van der Waals surface area contributed by atoms with E-state index in [1.165, 1.54) is 0 Å². The van der Waals surface area contributed by atoms with E-state index in [9.17, 15) is 9.59 Å². The van der Waals surface area contributed by atoms with Crippen LogP contribution in [0.25, 0.3) is 0 Å². The molecule has 0 saturated carbocycles. The number of morpholine rings is 1. The van der Waals surface area contributed by atoms with Gasteiger partial charge in [-0.2, -0.15) is 0 Å². The van der Waals surface area contributed by atoms with Gasteiger partial charge in [-0.25, -0.2) is 0 Å². The molecule has 0 spiro atoms. The first kappa shape index (κ1) is 18.5. The summed E-state index contributed by atoms with van der Waals surface area (Å²) in [5.41, 5.74) is 0.631. The number of rotatable bonds is 5. The van der Waals surface area contributed by atoms with Gasteiger partial charge in [0.15, 0.2) is 0 Å². The van der Waals surface area contributed by atoms with Crippen LogP contribution < -0.4 is 10.2 Å². The predicted octanol–water partition coefficient (Wildman–Crippen LogP) is 1.79. The SMILES string of the molecule is O=C(NCCN1CCOCC1)C1CC(=O)N(c2cc(Cl)cc(Cl)c2)C1. The number of carbonyl (C=O) groups excluding carboxylic acids is 2. The van der Waals surface area contributed by atoms with Crippen molar-refractivity contribution < 1.29 is 14.3 Å². The molecule has 25 heavy (non-hydrogen) atoms. The summed E-state index contributed by atoms with van der Waals surface area (Å²) < 4.78 is 5.30. The lowest BCUT2D eigenvalue weighted by molar-refractivity contribution is -0.126. The largest absolute Gasteiger partial charge is 0.379 e. The van der Waals surface area contributed by atoms with Crippen molar-refractivity contribution in [1.29, 1.82) is 0 Å². The first-order valence-corrected chi connectivity index (χ1v) is 9.13.